The lowest BCUT2D eigenvalue weighted by Gasteiger charge is -2.08. The maximum absolute atomic E-state index is 12.0. The Bertz CT molecular complexity index is 354. The first-order valence-electron chi connectivity index (χ1n) is 5.93. The molecule has 0 aliphatic carbocycles. The van der Waals surface area contributed by atoms with Gasteiger partial charge < -0.3 is 9.30 Å². The van der Waals surface area contributed by atoms with Crippen molar-refractivity contribution < 1.29 is 9.53 Å². The highest BCUT2D eigenvalue weighted by atomic mass is 16.5. The van der Waals surface area contributed by atoms with Gasteiger partial charge in [0.05, 0.1) is 0 Å². The Morgan fingerprint density at radius 2 is 2.56 bits per heavy atom. The molecule has 1 fully saturated rings. The molecule has 0 spiro atoms. The van der Waals surface area contributed by atoms with Gasteiger partial charge in [0.25, 0.3) is 0 Å². The van der Waals surface area contributed by atoms with E-state index in [9.17, 15) is 4.79 Å². The number of nitrogens with zero attached hydrogens (tertiary/aromatic N) is 2. The molecule has 1 aliphatic rings. The highest BCUT2D eigenvalue weighted by Gasteiger charge is 2.22. The van der Waals surface area contributed by atoms with Gasteiger partial charge in [-0.3, -0.25) is 4.79 Å². The minimum Gasteiger partial charge on any atom is -0.381 e. The zero-order valence-electron chi connectivity index (χ0n) is 9.69. The van der Waals surface area contributed by atoms with Gasteiger partial charge in [-0.15, -0.1) is 0 Å². The molecule has 0 N–H and O–H groups in total. The van der Waals surface area contributed by atoms with Gasteiger partial charge in [0.15, 0.2) is 11.6 Å². The third-order valence-electron chi connectivity index (χ3n) is 2.93. The molecule has 0 aromatic carbocycles. The number of ether oxygens (including phenoxy) is 1. The van der Waals surface area contributed by atoms with Crippen molar-refractivity contribution in [2.24, 2.45) is 5.92 Å². The van der Waals surface area contributed by atoms with Crippen molar-refractivity contribution in [1.82, 2.24) is 9.55 Å². The zero-order chi connectivity index (χ0) is 11.4. The fourth-order valence-corrected chi connectivity index (χ4v) is 2.08. The van der Waals surface area contributed by atoms with Crippen molar-refractivity contribution in [1.29, 1.82) is 0 Å². The smallest absolute Gasteiger partial charge is 0.198 e. The molecule has 2 heterocycles. The zero-order valence-corrected chi connectivity index (χ0v) is 9.69. The largest absolute Gasteiger partial charge is 0.381 e. The Morgan fingerprint density at radius 3 is 3.25 bits per heavy atom. The minimum absolute atomic E-state index is 0.147. The number of rotatable bonds is 5. The van der Waals surface area contributed by atoms with Crippen LogP contribution < -0.4 is 0 Å². The molecule has 1 unspecified atom stereocenters. The summed E-state index contributed by atoms with van der Waals surface area (Å²) in [6.45, 7) is 4.48. The maximum atomic E-state index is 12.0. The van der Waals surface area contributed by atoms with Gasteiger partial charge in [0.2, 0.25) is 0 Å². The Hall–Kier alpha value is -1.16. The number of hydrogen-bond acceptors (Lipinski definition) is 3. The highest BCUT2D eigenvalue weighted by Crippen LogP contribution is 2.18. The van der Waals surface area contributed by atoms with Crippen LogP contribution in [0.3, 0.4) is 0 Å². The Balaban J connectivity index is 1.99. The Labute approximate surface area is 95.6 Å². The van der Waals surface area contributed by atoms with Gasteiger partial charge in [-0.05, 0) is 18.8 Å². The molecule has 0 amide bonds. The molecular formula is C12H18N2O2. The molecule has 1 atom stereocenters. The summed E-state index contributed by atoms with van der Waals surface area (Å²) in [6.07, 6.45) is 6.17. The van der Waals surface area contributed by atoms with Crippen molar-refractivity contribution in [3.05, 3.63) is 18.2 Å². The van der Waals surface area contributed by atoms with Crippen LogP contribution in [0.2, 0.25) is 0 Å². The average molecular weight is 222 g/mol. The lowest BCUT2D eigenvalue weighted by Crippen LogP contribution is -2.14. The number of ketones is 1. The summed E-state index contributed by atoms with van der Waals surface area (Å²) < 4.78 is 7.22. The fraction of sp³-hybridized carbons (Fsp3) is 0.667. The predicted molar refractivity (Wildman–Crippen MR) is 60.4 cm³/mol. The first-order valence-corrected chi connectivity index (χ1v) is 5.93. The Morgan fingerprint density at radius 1 is 1.69 bits per heavy atom. The van der Waals surface area contributed by atoms with E-state index in [4.69, 9.17) is 4.74 Å². The number of aromatic nitrogens is 2. The van der Waals surface area contributed by atoms with E-state index in [1.54, 1.807) is 6.20 Å². The summed E-state index contributed by atoms with van der Waals surface area (Å²) in [7, 11) is 0. The summed E-state index contributed by atoms with van der Waals surface area (Å²) in [5, 5.41) is 0. The van der Waals surface area contributed by atoms with Crippen LogP contribution in [-0.2, 0) is 11.3 Å². The van der Waals surface area contributed by atoms with Crippen molar-refractivity contribution in [3.8, 4) is 0 Å². The summed E-state index contributed by atoms with van der Waals surface area (Å²) in [5.74, 6) is 1.14. The van der Waals surface area contributed by atoms with Crippen molar-refractivity contribution in [2.75, 3.05) is 13.2 Å². The van der Waals surface area contributed by atoms with Crippen LogP contribution in [0.25, 0.3) is 0 Å². The summed E-state index contributed by atoms with van der Waals surface area (Å²) in [6, 6.07) is 0. The van der Waals surface area contributed by atoms with E-state index in [2.05, 4.69) is 11.9 Å². The van der Waals surface area contributed by atoms with Crippen LogP contribution >= 0.6 is 0 Å². The predicted octanol–water partition coefficient (Wildman–Crippen LogP) is 1.90. The average Bonchev–Trinajstić information content (AvgIpc) is 2.89. The quantitative estimate of drug-likeness (QED) is 0.715. The van der Waals surface area contributed by atoms with Crippen LogP contribution in [0, 0.1) is 5.92 Å². The number of Topliss-reactive ketones (excluding diaryl/α,β-unsaturated/α-hetero) is 1. The molecule has 0 bridgehead atoms. The van der Waals surface area contributed by atoms with E-state index in [1.807, 2.05) is 10.8 Å². The second-order valence-corrected chi connectivity index (χ2v) is 4.30. The normalized spacial score (nSPS) is 20.2. The molecule has 2 rings (SSSR count). The molecule has 16 heavy (non-hydrogen) atoms. The van der Waals surface area contributed by atoms with Crippen molar-refractivity contribution in [3.63, 3.8) is 0 Å². The molecule has 4 heteroatoms. The fourth-order valence-electron chi connectivity index (χ4n) is 2.08. The third kappa shape index (κ3) is 2.50. The van der Waals surface area contributed by atoms with Crippen LogP contribution in [0.1, 0.15) is 36.8 Å². The van der Waals surface area contributed by atoms with E-state index >= 15 is 0 Å². The molecule has 1 aliphatic heterocycles. The number of aryl methyl sites for hydroxylation is 1. The van der Waals surface area contributed by atoms with Gasteiger partial charge >= 0.3 is 0 Å². The number of hydrogen-bond donors (Lipinski definition) is 0. The molecule has 88 valence electrons. The van der Waals surface area contributed by atoms with Crippen LogP contribution in [0.5, 0.6) is 0 Å². The lowest BCUT2D eigenvalue weighted by atomic mass is 10.0. The van der Waals surface area contributed by atoms with Crippen LogP contribution in [0.4, 0.5) is 0 Å². The molecule has 0 radical (unpaired) electrons. The maximum Gasteiger partial charge on any atom is 0.198 e. The third-order valence-corrected chi connectivity index (χ3v) is 2.93. The summed E-state index contributed by atoms with van der Waals surface area (Å²) in [4.78, 5) is 16.2. The van der Waals surface area contributed by atoms with Crippen molar-refractivity contribution in [2.45, 2.75) is 32.7 Å². The van der Waals surface area contributed by atoms with E-state index in [0.29, 0.717) is 18.2 Å². The summed E-state index contributed by atoms with van der Waals surface area (Å²) >= 11 is 0. The van der Waals surface area contributed by atoms with Crippen molar-refractivity contribution >= 4 is 5.78 Å². The number of imidazole rings is 1. The van der Waals surface area contributed by atoms with E-state index in [0.717, 1.165) is 32.6 Å². The lowest BCUT2D eigenvalue weighted by molar-refractivity contribution is 0.0938. The second kappa shape index (κ2) is 5.25. The summed E-state index contributed by atoms with van der Waals surface area (Å²) in [5.41, 5.74) is 0. The van der Waals surface area contributed by atoms with Gasteiger partial charge in [0, 0.05) is 38.6 Å². The van der Waals surface area contributed by atoms with Gasteiger partial charge in [-0.1, -0.05) is 6.92 Å². The van der Waals surface area contributed by atoms with E-state index in [-0.39, 0.29) is 5.78 Å². The molecule has 0 saturated carbocycles. The SMILES string of the molecule is CCCn1ccnc1C(=O)CC1CCOC1. The molecule has 1 aromatic heterocycles. The second-order valence-electron chi connectivity index (χ2n) is 4.30. The molecular weight excluding hydrogens is 204 g/mol. The van der Waals surface area contributed by atoms with Gasteiger partial charge in [-0.2, -0.15) is 0 Å². The minimum atomic E-state index is 0.147. The van der Waals surface area contributed by atoms with E-state index in [1.165, 1.54) is 0 Å². The standard InChI is InChI=1S/C12H18N2O2/c1-2-5-14-6-4-13-12(14)11(15)8-10-3-7-16-9-10/h4,6,10H,2-3,5,7-9H2,1H3. The monoisotopic (exact) mass is 222 g/mol. The van der Waals surface area contributed by atoms with Crippen LogP contribution in [0.15, 0.2) is 12.4 Å². The Kier molecular flexibility index (Phi) is 3.72. The van der Waals surface area contributed by atoms with Gasteiger partial charge in [-0.25, -0.2) is 4.98 Å². The first kappa shape index (κ1) is 11.3. The first-order chi connectivity index (χ1) is 7.81. The molecule has 1 aromatic rings. The number of carbonyl (C=O) groups excluding carboxylic acids is 1. The molecule has 1 saturated heterocycles. The highest BCUT2D eigenvalue weighted by molar-refractivity contribution is 5.92. The van der Waals surface area contributed by atoms with E-state index < -0.39 is 0 Å². The molecule has 4 nitrogen and oxygen atoms in total. The number of carbonyl (C=O) groups is 1. The topological polar surface area (TPSA) is 44.1 Å². The van der Waals surface area contributed by atoms with Gasteiger partial charge in [0.1, 0.15) is 0 Å². The van der Waals surface area contributed by atoms with Crippen LogP contribution in [-0.4, -0.2) is 28.5 Å².